The SMILES string of the molecule is CCCC(=O)N1CCN(c2ccc(NC(=O)c3cccc(C)c3OC)cc2)CC1. The van der Waals surface area contributed by atoms with Gasteiger partial charge in [-0.25, -0.2) is 0 Å². The van der Waals surface area contributed by atoms with Crippen molar-refractivity contribution in [1.82, 2.24) is 4.90 Å². The van der Waals surface area contributed by atoms with E-state index in [1.807, 2.05) is 55.1 Å². The smallest absolute Gasteiger partial charge is 0.259 e. The monoisotopic (exact) mass is 395 g/mol. The average molecular weight is 396 g/mol. The van der Waals surface area contributed by atoms with Gasteiger partial charge in [-0.3, -0.25) is 9.59 Å². The number of nitrogens with one attached hydrogen (secondary N) is 1. The molecule has 3 rings (SSSR count). The van der Waals surface area contributed by atoms with Crippen molar-refractivity contribution >= 4 is 23.2 Å². The molecule has 2 aromatic rings. The average Bonchev–Trinajstić information content (AvgIpc) is 2.74. The molecule has 1 aliphatic heterocycles. The summed E-state index contributed by atoms with van der Waals surface area (Å²) in [5.41, 5.74) is 3.27. The Hall–Kier alpha value is -3.02. The van der Waals surface area contributed by atoms with Crippen molar-refractivity contribution in [3.05, 3.63) is 53.6 Å². The lowest BCUT2D eigenvalue weighted by Crippen LogP contribution is -2.48. The number of ether oxygens (including phenoxy) is 1. The first kappa shape index (κ1) is 20.7. The molecule has 1 aliphatic rings. The van der Waals surface area contributed by atoms with Gasteiger partial charge < -0.3 is 19.9 Å². The summed E-state index contributed by atoms with van der Waals surface area (Å²) in [5, 5.41) is 2.94. The van der Waals surface area contributed by atoms with Crippen molar-refractivity contribution in [1.29, 1.82) is 0 Å². The molecule has 2 aromatic carbocycles. The number of para-hydroxylation sites is 1. The molecule has 0 unspecified atom stereocenters. The standard InChI is InChI=1S/C23H29N3O3/c1-4-6-21(27)26-15-13-25(14-16-26)19-11-9-18(10-12-19)24-23(28)20-8-5-7-17(2)22(20)29-3/h5,7-12H,4,6,13-16H2,1-3H3,(H,24,28). The molecule has 2 amide bonds. The lowest BCUT2D eigenvalue weighted by molar-refractivity contribution is -0.131. The minimum absolute atomic E-state index is 0.193. The van der Waals surface area contributed by atoms with E-state index in [-0.39, 0.29) is 11.8 Å². The molecule has 0 aliphatic carbocycles. The Morgan fingerprint density at radius 3 is 2.34 bits per heavy atom. The van der Waals surface area contributed by atoms with Crippen LogP contribution in [0.3, 0.4) is 0 Å². The van der Waals surface area contributed by atoms with Crippen molar-refractivity contribution in [2.24, 2.45) is 0 Å². The summed E-state index contributed by atoms with van der Waals surface area (Å²) >= 11 is 0. The van der Waals surface area contributed by atoms with Crippen LogP contribution >= 0.6 is 0 Å². The van der Waals surface area contributed by atoms with Gasteiger partial charge >= 0.3 is 0 Å². The van der Waals surface area contributed by atoms with Crippen LogP contribution in [0, 0.1) is 6.92 Å². The van der Waals surface area contributed by atoms with E-state index in [0.717, 1.165) is 49.5 Å². The van der Waals surface area contributed by atoms with Crippen molar-refractivity contribution in [3.63, 3.8) is 0 Å². The fourth-order valence-corrected chi connectivity index (χ4v) is 3.64. The molecule has 0 atom stereocenters. The summed E-state index contributed by atoms with van der Waals surface area (Å²) in [6.45, 7) is 7.10. The van der Waals surface area contributed by atoms with Crippen LogP contribution < -0.4 is 15.0 Å². The largest absolute Gasteiger partial charge is 0.496 e. The molecule has 1 saturated heterocycles. The quantitative estimate of drug-likeness (QED) is 0.810. The molecule has 1 fully saturated rings. The van der Waals surface area contributed by atoms with Crippen molar-refractivity contribution in [2.75, 3.05) is 43.5 Å². The lowest BCUT2D eigenvalue weighted by Gasteiger charge is -2.36. The van der Waals surface area contributed by atoms with Gasteiger partial charge in [0, 0.05) is 44.0 Å². The van der Waals surface area contributed by atoms with Crippen LogP contribution in [-0.2, 0) is 4.79 Å². The van der Waals surface area contributed by atoms with Crippen LogP contribution in [0.1, 0.15) is 35.7 Å². The van der Waals surface area contributed by atoms with Gasteiger partial charge in [-0.2, -0.15) is 0 Å². The van der Waals surface area contributed by atoms with Gasteiger partial charge in [0.25, 0.3) is 5.91 Å². The highest BCUT2D eigenvalue weighted by Gasteiger charge is 2.20. The van der Waals surface area contributed by atoms with Crippen LogP contribution in [0.25, 0.3) is 0 Å². The Morgan fingerprint density at radius 2 is 1.72 bits per heavy atom. The second-order valence-corrected chi connectivity index (χ2v) is 7.27. The van der Waals surface area contributed by atoms with Crippen molar-refractivity contribution in [2.45, 2.75) is 26.7 Å². The minimum Gasteiger partial charge on any atom is -0.496 e. The molecule has 1 N–H and O–H groups in total. The summed E-state index contributed by atoms with van der Waals surface area (Å²) < 4.78 is 5.38. The first-order valence-corrected chi connectivity index (χ1v) is 10.1. The van der Waals surface area contributed by atoms with Crippen LogP contribution in [0.4, 0.5) is 11.4 Å². The normalized spacial score (nSPS) is 13.9. The highest BCUT2D eigenvalue weighted by Crippen LogP contribution is 2.25. The molecular weight excluding hydrogens is 366 g/mol. The summed E-state index contributed by atoms with van der Waals surface area (Å²) in [6.07, 6.45) is 1.51. The number of anilines is 2. The van der Waals surface area contributed by atoms with Gasteiger partial charge in [0.05, 0.1) is 12.7 Å². The van der Waals surface area contributed by atoms with Crippen LogP contribution in [0.2, 0.25) is 0 Å². The Bertz CT molecular complexity index is 856. The summed E-state index contributed by atoms with van der Waals surface area (Å²) in [5.74, 6) is 0.648. The van der Waals surface area contributed by atoms with Crippen molar-refractivity contribution < 1.29 is 14.3 Å². The molecule has 154 valence electrons. The molecule has 29 heavy (non-hydrogen) atoms. The molecule has 0 saturated carbocycles. The number of piperazine rings is 1. The highest BCUT2D eigenvalue weighted by atomic mass is 16.5. The number of aryl methyl sites for hydroxylation is 1. The van der Waals surface area contributed by atoms with E-state index in [4.69, 9.17) is 4.74 Å². The van der Waals surface area contributed by atoms with Gasteiger partial charge in [-0.05, 0) is 49.2 Å². The summed E-state index contributed by atoms with van der Waals surface area (Å²) in [6, 6.07) is 13.4. The first-order valence-electron chi connectivity index (χ1n) is 10.1. The molecule has 6 nitrogen and oxygen atoms in total. The highest BCUT2D eigenvalue weighted by molar-refractivity contribution is 6.06. The maximum absolute atomic E-state index is 12.6. The molecule has 0 bridgehead atoms. The number of benzene rings is 2. The topological polar surface area (TPSA) is 61.9 Å². The maximum atomic E-state index is 12.6. The number of methoxy groups -OCH3 is 1. The van der Waals surface area contributed by atoms with Crippen LogP contribution in [0.5, 0.6) is 5.75 Å². The third-order valence-corrected chi connectivity index (χ3v) is 5.25. The third-order valence-electron chi connectivity index (χ3n) is 5.25. The second-order valence-electron chi connectivity index (χ2n) is 7.27. The van der Waals surface area contributed by atoms with Crippen LogP contribution in [-0.4, -0.2) is 50.0 Å². The number of amides is 2. The van der Waals surface area contributed by atoms with E-state index in [1.54, 1.807) is 13.2 Å². The number of hydrogen-bond acceptors (Lipinski definition) is 4. The maximum Gasteiger partial charge on any atom is 0.259 e. The van der Waals surface area contributed by atoms with Crippen LogP contribution in [0.15, 0.2) is 42.5 Å². The number of carbonyl (C=O) groups is 2. The fourth-order valence-electron chi connectivity index (χ4n) is 3.64. The molecular formula is C23H29N3O3. The second kappa shape index (κ2) is 9.45. The predicted octanol–water partition coefficient (Wildman–Crippen LogP) is 3.70. The zero-order chi connectivity index (χ0) is 20.8. The third kappa shape index (κ3) is 4.88. The van der Waals surface area contributed by atoms with Gasteiger partial charge in [0.1, 0.15) is 5.75 Å². The zero-order valence-electron chi connectivity index (χ0n) is 17.4. The number of carbonyl (C=O) groups excluding carboxylic acids is 2. The Kier molecular flexibility index (Phi) is 6.75. The Labute approximate surface area is 172 Å². The van der Waals surface area contributed by atoms with E-state index < -0.39 is 0 Å². The minimum atomic E-state index is -0.193. The molecule has 0 spiro atoms. The number of rotatable bonds is 6. The Balaban J connectivity index is 1.61. The van der Waals surface area contributed by atoms with E-state index >= 15 is 0 Å². The molecule has 0 radical (unpaired) electrons. The van der Waals surface area contributed by atoms with Gasteiger partial charge in [0.2, 0.25) is 5.91 Å². The molecule has 0 aromatic heterocycles. The van der Waals surface area contributed by atoms with Gasteiger partial charge in [-0.15, -0.1) is 0 Å². The summed E-state index contributed by atoms with van der Waals surface area (Å²) in [4.78, 5) is 28.9. The Morgan fingerprint density at radius 1 is 1.03 bits per heavy atom. The van der Waals surface area contributed by atoms with Gasteiger partial charge in [-0.1, -0.05) is 19.1 Å². The van der Waals surface area contributed by atoms with E-state index in [2.05, 4.69) is 10.2 Å². The summed E-state index contributed by atoms with van der Waals surface area (Å²) in [7, 11) is 1.57. The molecule has 6 heteroatoms. The predicted molar refractivity (Wildman–Crippen MR) is 116 cm³/mol. The van der Waals surface area contributed by atoms with Gasteiger partial charge in [0.15, 0.2) is 0 Å². The van der Waals surface area contributed by atoms with E-state index in [1.165, 1.54) is 0 Å². The first-order chi connectivity index (χ1) is 14.0. The van der Waals surface area contributed by atoms with Crippen molar-refractivity contribution in [3.8, 4) is 5.75 Å². The fraction of sp³-hybridized carbons (Fsp3) is 0.391. The number of nitrogens with zero attached hydrogens (tertiary/aromatic N) is 2. The number of hydrogen-bond donors (Lipinski definition) is 1. The lowest BCUT2D eigenvalue weighted by atomic mass is 10.1. The van der Waals surface area contributed by atoms with E-state index in [0.29, 0.717) is 17.7 Å². The van der Waals surface area contributed by atoms with E-state index in [9.17, 15) is 9.59 Å². The molecule has 1 heterocycles. The zero-order valence-corrected chi connectivity index (χ0v) is 17.4.